The van der Waals surface area contributed by atoms with E-state index < -0.39 is 9.84 Å². The summed E-state index contributed by atoms with van der Waals surface area (Å²) >= 11 is 0. The summed E-state index contributed by atoms with van der Waals surface area (Å²) in [5.74, 6) is -0.278. The fourth-order valence-corrected chi connectivity index (χ4v) is 3.95. The highest BCUT2D eigenvalue weighted by Gasteiger charge is 2.29. The van der Waals surface area contributed by atoms with Crippen LogP contribution in [0.2, 0.25) is 0 Å². The van der Waals surface area contributed by atoms with Crippen molar-refractivity contribution in [3.8, 4) is 0 Å². The molecule has 0 atom stereocenters. The number of para-hydroxylation sites is 2. The van der Waals surface area contributed by atoms with Crippen LogP contribution in [0.4, 0.5) is 11.4 Å². The summed E-state index contributed by atoms with van der Waals surface area (Å²) in [5, 5.41) is 0. The van der Waals surface area contributed by atoms with Crippen molar-refractivity contribution in [3.63, 3.8) is 0 Å². The molecule has 24 heavy (non-hydrogen) atoms. The maximum absolute atomic E-state index is 13.1. The SMILES string of the molecule is CCN1CCN(C(=O)c2ccccc2S(C)(=O)=O)c2ccccc21. The van der Waals surface area contributed by atoms with Gasteiger partial charge in [-0.05, 0) is 31.2 Å². The number of amides is 1. The van der Waals surface area contributed by atoms with Crippen molar-refractivity contribution in [2.45, 2.75) is 11.8 Å². The maximum Gasteiger partial charge on any atom is 0.259 e. The Hall–Kier alpha value is -2.34. The summed E-state index contributed by atoms with van der Waals surface area (Å²) in [5.41, 5.74) is 2.04. The molecule has 126 valence electrons. The van der Waals surface area contributed by atoms with E-state index >= 15 is 0 Å². The van der Waals surface area contributed by atoms with E-state index in [1.165, 1.54) is 6.07 Å². The molecule has 0 fully saturated rings. The quantitative estimate of drug-likeness (QED) is 0.859. The van der Waals surface area contributed by atoms with E-state index in [1.807, 2.05) is 24.3 Å². The number of anilines is 2. The first-order valence-corrected chi connectivity index (χ1v) is 9.77. The number of benzene rings is 2. The molecule has 1 aliphatic heterocycles. The van der Waals surface area contributed by atoms with Crippen LogP contribution in [-0.4, -0.2) is 40.2 Å². The van der Waals surface area contributed by atoms with Crippen LogP contribution in [0.3, 0.4) is 0 Å². The van der Waals surface area contributed by atoms with Gasteiger partial charge < -0.3 is 9.80 Å². The number of carbonyl (C=O) groups excluding carboxylic acids is 1. The van der Waals surface area contributed by atoms with Crippen LogP contribution in [0.15, 0.2) is 53.4 Å². The molecule has 2 aromatic rings. The summed E-state index contributed by atoms with van der Waals surface area (Å²) in [6.07, 6.45) is 1.13. The normalized spacial score (nSPS) is 14.4. The molecule has 0 unspecified atom stereocenters. The van der Waals surface area contributed by atoms with Crippen molar-refractivity contribution in [1.29, 1.82) is 0 Å². The van der Waals surface area contributed by atoms with E-state index in [4.69, 9.17) is 0 Å². The Kier molecular flexibility index (Phi) is 4.32. The van der Waals surface area contributed by atoms with Crippen molar-refractivity contribution in [2.24, 2.45) is 0 Å². The van der Waals surface area contributed by atoms with Gasteiger partial charge >= 0.3 is 0 Å². The van der Waals surface area contributed by atoms with E-state index in [1.54, 1.807) is 23.1 Å². The first-order chi connectivity index (χ1) is 11.4. The third-order valence-electron chi connectivity index (χ3n) is 4.25. The monoisotopic (exact) mass is 344 g/mol. The molecule has 1 amide bonds. The Bertz CT molecular complexity index is 877. The van der Waals surface area contributed by atoms with Crippen molar-refractivity contribution >= 4 is 27.1 Å². The van der Waals surface area contributed by atoms with Crippen LogP contribution in [0, 0.1) is 0 Å². The molecule has 0 saturated heterocycles. The molecule has 0 N–H and O–H groups in total. The summed E-state index contributed by atoms with van der Waals surface area (Å²) in [6, 6.07) is 14.1. The lowest BCUT2D eigenvalue weighted by molar-refractivity contribution is 0.0983. The third-order valence-corrected chi connectivity index (χ3v) is 5.41. The molecule has 0 saturated carbocycles. The van der Waals surface area contributed by atoms with Crippen molar-refractivity contribution in [1.82, 2.24) is 0 Å². The van der Waals surface area contributed by atoms with Crippen LogP contribution >= 0.6 is 0 Å². The average molecular weight is 344 g/mol. The summed E-state index contributed by atoms with van der Waals surface area (Å²) < 4.78 is 24.0. The molecule has 0 bridgehead atoms. The largest absolute Gasteiger partial charge is 0.368 e. The molecule has 0 radical (unpaired) electrons. The number of hydrogen-bond acceptors (Lipinski definition) is 4. The van der Waals surface area contributed by atoms with Crippen LogP contribution < -0.4 is 9.80 Å². The number of carbonyl (C=O) groups is 1. The maximum atomic E-state index is 13.1. The third kappa shape index (κ3) is 2.89. The van der Waals surface area contributed by atoms with Gasteiger partial charge in [0.1, 0.15) is 0 Å². The number of likely N-dealkylation sites (N-methyl/N-ethyl adjacent to an activating group) is 1. The molecular weight excluding hydrogens is 324 g/mol. The summed E-state index contributed by atoms with van der Waals surface area (Å²) in [7, 11) is -3.47. The standard InChI is InChI=1S/C18H20N2O3S/c1-3-19-12-13-20(16-10-6-5-9-15(16)19)18(21)14-8-4-7-11-17(14)24(2,22)23/h4-11H,3,12-13H2,1-2H3. The highest BCUT2D eigenvalue weighted by Crippen LogP contribution is 2.34. The minimum absolute atomic E-state index is 0.0744. The molecule has 0 spiro atoms. The molecule has 6 heteroatoms. The number of fused-ring (bicyclic) bond motifs is 1. The number of rotatable bonds is 3. The first kappa shape index (κ1) is 16.5. The fourth-order valence-electron chi connectivity index (χ4n) is 3.07. The van der Waals surface area contributed by atoms with Gasteiger partial charge in [-0.2, -0.15) is 0 Å². The Morgan fingerprint density at radius 3 is 2.29 bits per heavy atom. The summed E-state index contributed by atoms with van der Waals surface area (Å²) in [4.78, 5) is 17.0. The zero-order valence-corrected chi connectivity index (χ0v) is 14.6. The predicted octanol–water partition coefficient (Wildman–Crippen LogP) is 2.58. The lowest BCUT2D eigenvalue weighted by Gasteiger charge is -2.37. The number of sulfone groups is 1. The molecule has 3 rings (SSSR count). The zero-order valence-electron chi connectivity index (χ0n) is 13.8. The Balaban J connectivity index is 2.07. The van der Waals surface area contributed by atoms with Gasteiger partial charge in [0.25, 0.3) is 5.91 Å². The van der Waals surface area contributed by atoms with Gasteiger partial charge in [-0.15, -0.1) is 0 Å². The van der Waals surface area contributed by atoms with Crippen LogP contribution in [-0.2, 0) is 9.84 Å². The number of hydrogen-bond donors (Lipinski definition) is 0. The minimum Gasteiger partial charge on any atom is -0.368 e. The highest BCUT2D eigenvalue weighted by molar-refractivity contribution is 7.90. The van der Waals surface area contributed by atoms with Gasteiger partial charge in [-0.1, -0.05) is 24.3 Å². The Morgan fingerprint density at radius 2 is 1.62 bits per heavy atom. The van der Waals surface area contributed by atoms with Crippen LogP contribution in [0.1, 0.15) is 17.3 Å². The lowest BCUT2D eigenvalue weighted by Crippen LogP contribution is -2.44. The fraction of sp³-hybridized carbons (Fsp3) is 0.278. The highest BCUT2D eigenvalue weighted by atomic mass is 32.2. The van der Waals surface area contributed by atoms with Crippen molar-refractivity contribution in [3.05, 3.63) is 54.1 Å². The van der Waals surface area contributed by atoms with E-state index in [0.29, 0.717) is 6.54 Å². The second kappa shape index (κ2) is 6.28. The zero-order chi connectivity index (χ0) is 17.3. The van der Waals surface area contributed by atoms with Crippen molar-refractivity contribution in [2.75, 3.05) is 35.7 Å². The average Bonchev–Trinajstić information content (AvgIpc) is 2.59. The molecular formula is C18H20N2O3S. The number of nitrogens with zero attached hydrogens (tertiary/aromatic N) is 2. The van der Waals surface area contributed by atoms with E-state index in [-0.39, 0.29) is 16.4 Å². The Labute approximate surface area is 142 Å². The molecule has 1 aliphatic rings. The predicted molar refractivity (Wildman–Crippen MR) is 95.6 cm³/mol. The first-order valence-electron chi connectivity index (χ1n) is 7.88. The van der Waals surface area contributed by atoms with Gasteiger partial charge in [0.15, 0.2) is 9.84 Å². The van der Waals surface area contributed by atoms with E-state index in [2.05, 4.69) is 11.8 Å². The van der Waals surface area contributed by atoms with Gasteiger partial charge in [0.05, 0.1) is 21.8 Å². The smallest absolute Gasteiger partial charge is 0.259 e. The molecule has 5 nitrogen and oxygen atoms in total. The topological polar surface area (TPSA) is 57.7 Å². The van der Waals surface area contributed by atoms with Gasteiger partial charge in [0.2, 0.25) is 0 Å². The lowest BCUT2D eigenvalue weighted by atomic mass is 10.1. The van der Waals surface area contributed by atoms with E-state index in [0.717, 1.165) is 30.7 Å². The van der Waals surface area contributed by atoms with E-state index in [9.17, 15) is 13.2 Å². The minimum atomic E-state index is -3.47. The van der Waals surface area contributed by atoms with Crippen molar-refractivity contribution < 1.29 is 13.2 Å². The van der Waals surface area contributed by atoms with Crippen LogP contribution in [0.5, 0.6) is 0 Å². The summed E-state index contributed by atoms with van der Waals surface area (Å²) in [6.45, 7) is 4.19. The van der Waals surface area contributed by atoms with Gasteiger partial charge in [-0.3, -0.25) is 4.79 Å². The van der Waals surface area contributed by atoms with Gasteiger partial charge in [0, 0.05) is 25.9 Å². The molecule has 1 heterocycles. The second-order valence-electron chi connectivity index (χ2n) is 5.79. The molecule has 0 aliphatic carbocycles. The second-order valence-corrected chi connectivity index (χ2v) is 7.78. The van der Waals surface area contributed by atoms with Gasteiger partial charge in [-0.25, -0.2) is 8.42 Å². The Morgan fingerprint density at radius 1 is 1.00 bits per heavy atom. The molecule has 2 aromatic carbocycles. The molecule has 0 aromatic heterocycles. The van der Waals surface area contributed by atoms with Crippen LogP contribution in [0.25, 0.3) is 0 Å².